The minimum absolute atomic E-state index is 0.0678. The first-order valence-corrected chi connectivity index (χ1v) is 10.4. The van der Waals surface area contributed by atoms with Crippen LogP contribution in [0.25, 0.3) is 0 Å². The molecule has 0 aliphatic carbocycles. The van der Waals surface area contributed by atoms with Crippen molar-refractivity contribution in [2.75, 3.05) is 14.1 Å². The molecule has 2 rings (SSSR count). The molecule has 1 atom stereocenters. The Kier molecular flexibility index (Phi) is 6.44. The third-order valence-electron chi connectivity index (χ3n) is 4.62. The van der Waals surface area contributed by atoms with Gasteiger partial charge in [0.1, 0.15) is 0 Å². The Morgan fingerprint density at radius 3 is 2.30 bits per heavy atom. The summed E-state index contributed by atoms with van der Waals surface area (Å²) in [5.74, 6) is -0.276. The molecule has 0 fully saturated rings. The molecular formula is C21H28N2O3S. The summed E-state index contributed by atoms with van der Waals surface area (Å²) >= 11 is 0. The first-order valence-electron chi connectivity index (χ1n) is 8.93. The summed E-state index contributed by atoms with van der Waals surface area (Å²) in [5.41, 5.74) is 1.46. The molecule has 2 aromatic rings. The average molecular weight is 389 g/mol. The first-order chi connectivity index (χ1) is 12.5. The highest BCUT2D eigenvalue weighted by molar-refractivity contribution is 7.89. The van der Waals surface area contributed by atoms with Gasteiger partial charge in [0.2, 0.25) is 10.0 Å². The van der Waals surface area contributed by atoms with Gasteiger partial charge in [0.15, 0.2) is 0 Å². The third kappa shape index (κ3) is 5.17. The maximum atomic E-state index is 12.6. The van der Waals surface area contributed by atoms with Crippen molar-refractivity contribution in [2.24, 2.45) is 0 Å². The highest BCUT2D eigenvalue weighted by Gasteiger charge is 2.25. The summed E-state index contributed by atoms with van der Waals surface area (Å²) in [6.07, 6.45) is 0.762. The number of carbonyl (C=O) groups excluding carboxylic acids is 1. The van der Waals surface area contributed by atoms with Gasteiger partial charge >= 0.3 is 0 Å². The maximum Gasteiger partial charge on any atom is 0.251 e. The molecule has 0 bridgehead atoms. The Morgan fingerprint density at radius 1 is 1.07 bits per heavy atom. The van der Waals surface area contributed by atoms with E-state index in [0.717, 1.165) is 10.7 Å². The van der Waals surface area contributed by atoms with Crippen LogP contribution in [-0.2, 0) is 15.4 Å². The lowest BCUT2D eigenvalue weighted by atomic mass is 9.79. The van der Waals surface area contributed by atoms with Gasteiger partial charge in [-0.05, 0) is 42.5 Å². The first kappa shape index (κ1) is 21.1. The Morgan fingerprint density at radius 2 is 1.70 bits per heavy atom. The van der Waals surface area contributed by atoms with E-state index in [4.69, 9.17) is 0 Å². The topological polar surface area (TPSA) is 66.5 Å². The number of hydrogen-bond donors (Lipinski definition) is 1. The van der Waals surface area contributed by atoms with Crippen LogP contribution in [0.3, 0.4) is 0 Å². The van der Waals surface area contributed by atoms with Crippen LogP contribution in [0.15, 0.2) is 59.5 Å². The highest BCUT2D eigenvalue weighted by atomic mass is 32.2. The molecule has 0 unspecified atom stereocenters. The van der Waals surface area contributed by atoms with Gasteiger partial charge in [-0.15, -0.1) is 0 Å². The number of amides is 1. The molecule has 1 N–H and O–H groups in total. The number of nitrogens with zero attached hydrogens (tertiary/aromatic N) is 1. The van der Waals surface area contributed by atoms with Crippen LogP contribution in [0.5, 0.6) is 0 Å². The summed E-state index contributed by atoms with van der Waals surface area (Å²) in [7, 11) is -0.637. The van der Waals surface area contributed by atoms with Gasteiger partial charge in [-0.1, -0.05) is 50.2 Å². The highest BCUT2D eigenvalue weighted by Crippen LogP contribution is 2.28. The number of sulfonamides is 1. The van der Waals surface area contributed by atoms with Gasteiger partial charge in [-0.2, -0.15) is 0 Å². The minimum Gasteiger partial charge on any atom is -0.350 e. The second-order valence-corrected chi connectivity index (χ2v) is 9.80. The van der Waals surface area contributed by atoms with Gasteiger partial charge in [0.25, 0.3) is 5.91 Å². The van der Waals surface area contributed by atoms with Crippen LogP contribution in [0, 0.1) is 0 Å². The van der Waals surface area contributed by atoms with Crippen LogP contribution in [0.2, 0.25) is 0 Å². The van der Waals surface area contributed by atoms with Crippen LogP contribution < -0.4 is 5.32 Å². The lowest BCUT2D eigenvalue weighted by Gasteiger charge is -2.29. The SMILES string of the molecule is C[C@H](CC(C)(C)c1ccccc1)NC(=O)c1cccc(S(=O)(=O)N(C)C)c1. The minimum atomic E-state index is -3.57. The molecule has 0 saturated carbocycles. The predicted molar refractivity (Wildman–Crippen MR) is 108 cm³/mol. The Hall–Kier alpha value is -2.18. The number of benzene rings is 2. The zero-order valence-corrected chi connectivity index (χ0v) is 17.4. The molecule has 0 heterocycles. The van der Waals surface area contributed by atoms with Crippen molar-refractivity contribution in [1.82, 2.24) is 9.62 Å². The van der Waals surface area contributed by atoms with Crippen molar-refractivity contribution >= 4 is 15.9 Å². The van der Waals surface area contributed by atoms with Gasteiger partial charge in [-0.25, -0.2) is 12.7 Å². The maximum absolute atomic E-state index is 12.6. The summed E-state index contributed by atoms with van der Waals surface area (Å²) in [6, 6.07) is 16.2. The third-order valence-corrected chi connectivity index (χ3v) is 6.44. The molecule has 5 nitrogen and oxygen atoms in total. The predicted octanol–water partition coefficient (Wildman–Crippen LogP) is 3.42. The van der Waals surface area contributed by atoms with E-state index in [1.165, 1.54) is 31.8 Å². The van der Waals surface area contributed by atoms with Crippen LogP contribution in [0.4, 0.5) is 0 Å². The molecular weight excluding hydrogens is 360 g/mol. The van der Waals surface area contributed by atoms with Gasteiger partial charge < -0.3 is 5.32 Å². The monoisotopic (exact) mass is 388 g/mol. The summed E-state index contributed by atoms with van der Waals surface area (Å²) < 4.78 is 25.7. The molecule has 0 aliphatic rings. The van der Waals surface area contributed by atoms with E-state index in [1.807, 2.05) is 25.1 Å². The summed E-state index contributed by atoms with van der Waals surface area (Å²) in [4.78, 5) is 12.7. The molecule has 0 aliphatic heterocycles. The van der Waals surface area contributed by atoms with Gasteiger partial charge in [-0.3, -0.25) is 4.79 Å². The van der Waals surface area contributed by atoms with E-state index in [2.05, 4.69) is 31.3 Å². The Balaban J connectivity index is 2.11. The summed E-state index contributed by atoms with van der Waals surface area (Å²) in [6.45, 7) is 6.26. The van der Waals surface area contributed by atoms with E-state index < -0.39 is 10.0 Å². The Labute approximate surface area is 162 Å². The van der Waals surface area contributed by atoms with Crippen molar-refractivity contribution in [1.29, 1.82) is 0 Å². The summed E-state index contributed by atoms with van der Waals surface area (Å²) in [5, 5.41) is 2.98. The van der Waals surface area contributed by atoms with E-state index in [0.29, 0.717) is 5.56 Å². The zero-order valence-electron chi connectivity index (χ0n) is 16.6. The molecule has 2 aromatic carbocycles. The standard InChI is InChI=1S/C21H28N2O3S/c1-16(15-21(2,3)18-11-7-6-8-12-18)22-20(24)17-10-9-13-19(14-17)27(25,26)23(4)5/h6-14,16H,15H2,1-5H3,(H,22,24)/t16-/m1/s1. The molecule has 0 spiro atoms. The molecule has 146 valence electrons. The fourth-order valence-electron chi connectivity index (χ4n) is 3.14. The smallest absolute Gasteiger partial charge is 0.251 e. The van der Waals surface area contributed by atoms with E-state index >= 15 is 0 Å². The van der Waals surface area contributed by atoms with Crippen molar-refractivity contribution in [2.45, 2.75) is 43.5 Å². The van der Waals surface area contributed by atoms with Crippen molar-refractivity contribution in [3.05, 3.63) is 65.7 Å². The molecule has 1 amide bonds. The second kappa shape index (κ2) is 8.23. The molecule has 0 aromatic heterocycles. The van der Waals surface area contributed by atoms with Gasteiger partial charge in [0, 0.05) is 25.7 Å². The molecule has 27 heavy (non-hydrogen) atoms. The number of carbonyl (C=O) groups is 1. The lowest BCUT2D eigenvalue weighted by molar-refractivity contribution is 0.0934. The van der Waals surface area contributed by atoms with E-state index in [1.54, 1.807) is 12.1 Å². The van der Waals surface area contributed by atoms with Crippen LogP contribution >= 0.6 is 0 Å². The fourth-order valence-corrected chi connectivity index (χ4v) is 4.09. The average Bonchev–Trinajstić information content (AvgIpc) is 2.61. The van der Waals surface area contributed by atoms with E-state index in [9.17, 15) is 13.2 Å². The molecule has 0 radical (unpaired) electrons. The number of rotatable bonds is 7. The second-order valence-electron chi connectivity index (χ2n) is 7.64. The van der Waals surface area contributed by atoms with E-state index in [-0.39, 0.29) is 22.3 Å². The van der Waals surface area contributed by atoms with Crippen molar-refractivity contribution in [3.63, 3.8) is 0 Å². The van der Waals surface area contributed by atoms with Crippen LogP contribution in [0.1, 0.15) is 43.1 Å². The van der Waals surface area contributed by atoms with Crippen molar-refractivity contribution in [3.8, 4) is 0 Å². The van der Waals surface area contributed by atoms with Crippen LogP contribution in [-0.4, -0.2) is 38.8 Å². The number of hydrogen-bond acceptors (Lipinski definition) is 3. The fraction of sp³-hybridized carbons (Fsp3) is 0.381. The Bertz CT molecular complexity index is 891. The largest absolute Gasteiger partial charge is 0.350 e. The molecule has 6 heteroatoms. The number of nitrogens with one attached hydrogen (secondary N) is 1. The normalized spacial score (nSPS) is 13.4. The van der Waals surface area contributed by atoms with Gasteiger partial charge in [0.05, 0.1) is 4.90 Å². The quantitative estimate of drug-likeness (QED) is 0.790. The zero-order chi connectivity index (χ0) is 20.2. The molecule has 0 saturated heterocycles. The lowest BCUT2D eigenvalue weighted by Crippen LogP contribution is -2.37. The van der Waals surface area contributed by atoms with Crippen molar-refractivity contribution < 1.29 is 13.2 Å².